The molecule has 0 saturated carbocycles. The standard InChI is InChI=1S/C28H30N2O3/c1-3-24(21-13-9-6-10-14-21)27(31)29-23-15-16-26-22(17-23)19-30(28(32)25(4-2)33-26)18-20-11-7-5-8-12-20/h5-17,24-25H,3-4,18-19H2,1-2H3,(H,29,31)/t24-,25+/m0/s1. The number of nitrogens with one attached hydrogen (secondary N) is 1. The van der Waals surface area contributed by atoms with Gasteiger partial charge in [0.05, 0.1) is 5.92 Å². The third kappa shape index (κ3) is 5.25. The van der Waals surface area contributed by atoms with Crippen LogP contribution in [0.5, 0.6) is 5.75 Å². The van der Waals surface area contributed by atoms with E-state index in [1.54, 1.807) is 0 Å². The highest BCUT2D eigenvalue weighted by molar-refractivity contribution is 5.96. The molecule has 0 fully saturated rings. The fourth-order valence-corrected chi connectivity index (χ4v) is 4.27. The van der Waals surface area contributed by atoms with Crippen LogP contribution in [0.3, 0.4) is 0 Å². The molecule has 5 heteroatoms. The van der Waals surface area contributed by atoms with Crippen molar-refractivity contribution in [3.05, 3.63) is 95.6 Å². The van der Waals surface area contributed by atoms with Crippen LogP contribution in [-0.2, 0) is 22.7 Å². The topological polar surface area (TPSA) is 58.6 Å². The first-order valence-corrected chi connectivity index (χ1v) is 11.6. The summed E-state index contributed by atoms with van der Waals surface area (Å²) in [5.74, 6) is 0.417. The van der Waals surface area contributed by atoms with E-state index in [9.17, 15) is 9.59 Å². The lowest BCUT2D eigenvalue weighted by atomic mass is 9.95. The summed E-state index contributed by atoms with van der Waals surface area (Å²) in [7, 11) is 0. The smallest absolute Gasteiger partial charge is 0.264 e. The van der Waals surface area contributed by atoms with E-state index in [1.807, 2.05) is 97.6 Å². The highest BCUT2D eigenvalue weighted by Crippen LogP contribution is 2.31. The number of carbonyl (C=O) groups excluding carboxylic acids is 2. The van der Waals surface area contributed by atoms with E-state index >= 15 is 0 Å². The predicted molar refractivity (Wildman–Crippen MR) is 130 cm³/mol. The number of carbonyl (C=O) groups is 2. The second kappa shape index (κ2) is 10.3. The monoisotopic (exact) mass is 442 g/mol. The van der Waals surface area contributed by atoms with Crippen molar-refractivity contribution in [1.82, 2.24) is 4.90 Å². The van der Waals surface area contributed by atoms with Gasteiger partial charge in [0.2, 0.25) is 5.91 Å². The molecule has 33 heavy (non-hydrogen) atoms. The minimum atomic E-state index is -0.516. The zero-order valence-corrected chi connectivity index (χ0v) is 19.2. The van der Waals surface area contributed by atoms with Gasteiger partial charge < -0.3 is 15.0 Å². The van der Waals surface area contributed by atoms with Crippen LogP contribution in [0.25, 0.3) is 0 Å². The molecule has 1 aliphatic rings. The van der Waals surface area contributed by atoms with Gasteiger partial charge in [-0.2, -0.15) is 0 Å². The number of nitrogens with zero attached hydrogens (tertiary/aromatic N) is 1. The van der Waals surface area contributed by atoms with Gasteiger partial charge in [0.15, 0.2) is 6.10 Å². The molecule has 3 aromatic rings. The first-order valence-electron chi connectivity index (χ1n) is 11.6. The maximum atomic E-state index is 13.1. The number of rotatable bonds is 7. The van der Waals surface area contributed by atoms with E-state index in [4.69, 9.17) is 4.74 Å². The average molecular weight is 443 g/mol. The minimum Gasteiger partial charge on any atom is -0.480 e. The van der Waals surface area contributed by atoms with Crippen molar-refractivity contribution in [1.29, 1.82) is 0 Å². The van der Waals surface area contributed by atoms with E-state index < -0.39 is 6.10 Å². The first-order chi connectivity index (χ1) is 16.1. The Hall–Kier alpha value is -3.60. The first kappa shape index (κ1) is 22.6. The molecule has 5 nitrogen and oxygen atoms in total. The average Bonchev–Trinajstić information content (AvgIpc) is 2.97. The minimum absolute atomic E-state index is 0.0155. The summed E-state index contributed by atoms with van der Waals surface area (Å²) >= 11 is 0. The molecule has 0 unspecified atom stereocenters. The Labute approximate surface area is 195 Å². The number of ether oxygens (including phenoxy) is 1. The summed E-state index contributed by atoms with van der Waals surface area (Å²) in [5.41, 5.74) is 3.67. The second-order valence-corrected chi connectivity index (χ2v) is 8.38. The number of hydrogen-bond acceptors (Lipinski definition) is 3. The van der Waals surface area contributed by atoms with Crippen molar-refractivity contribution in [2.45, 2.75) is 51.8 Å². The van der Waals surface area contributed by atoms with E-state index in [2.05, 4.69) is 5.32 Å². The molecule has 0 spiro atoms. The molecule has 3 aromatic carbocycles. The molecule has 2 atom stereocenters. The van der Waals surface area contributed by atoms with Crippen LogP contribution in [0.15, 0.2) is 78.9 Å². The molecule has 0 bridgehead atoms. The normalized spacial score (nSPS) is 16.4. The van der Waals surface area contributed by atoms with Gasteiger partial charge in [-0.1, -0.05) is 74.5 Å². The van der Waals surface area contributed by atoms with Crippen molar-refractivity contribution in [2.24, 2.45) is 0 Å². The van der Waals surface area contributed by atoms with E-state index in [-0.39, 0.29) is 17.7 Å². The molecule has 170 valence electrons. The number of anilines is 1. The summed E-state index contributed by atoms with van der Waals surface area (Å²) in [5, 5.41) is 3.06. The lowest BCUT2D eigenvalue weighted by Gasteiger charge is -2.23. The SMILES string of the molecule is CC[C@H](C(=O)Nc1ccc2c(c1)CN(Cc1ccccc1)C(=O)[C@@H](CC)O2)c1ccccc1. The third-order valence-electron chi connectivity index (χ3n) is 6.06. The lowest BCUT2D eigenvalue weighted by molar-refractivity contribution is -0.139. The molecular formula is C28H30N2O3. The van der Waals surface area contributed by atoms with Gasteiger partial charge in [-0.25, -0.2) is 0 Å². The zero-order valence-electron chi connectivity index (χ0n) is 19.2. The number of benzene rings is 3. The van der Waals surface area contributed by atoms with E-state index in [1.165, 1.54) is 0 Å². The molecular weight excluding hydrogens is 412 g/mol. The zero-order chi connectivity index (χ0) is 23.2. The van der Waals surface area contributed by atoms with Crippen molar-refractivity contribution in [3.63, 3.8) is 0 Å². The van der Waals surface area contributed by atoms with Gasteiger partial charge in [-0.05, 0) is 42.2 Å². The highest BCUT2D eigenvalue weighted by Gasteiger charge is 2.30. The Morgan fingerprint density at radius 3 is 2.39 bits per heavy atom. The van der Waals surface area contributed by atoms with Crippen LogP contribution in [0.4, 0.5) is 5.69 Å². The van der Waals surface area contributed by atoms with Crippen LogP contribution in [0.2, 0.25) is 0 Å². The third-order valence-corrected chi connectivity index (χ3v) is 6.06. The number of hydrogen-bond donors (Lipinski definition) is 1. The molecule has 0 aliphatic carbocycles. The second-order valence-electron chi connectivity index (χ2n) is 8.38. The van der Waals surface area contributed by atoms with Crippen LogP contribution in [0.1, 0.15) is 49.3 Å². The fraction of sp³-hybridized carbons (Fsp3) is 0.286. The number of amides is 2. The Morgan fingerprint density at radius 1 is 1.03 bits per heavy atom. The molecule has 0 radical (unpaired) electrons. The molecule has 0 aromatic heterocycles. The highest BCUT2D eigenvalue weighted by atomic mass is 16.5. The van der Waals surface area contributed by atoms with Gasteiger partial charge in [0, 0.05) is 24.3 Å². The van der Waals surface area contributed by atoms with Crippen molar-refractivity contribution < 1.29 is 14.3 Å². The van der Waals surface area contributed by atoms with E-state index in [0.717, 1.165) is 16.7 Å². The molecule has 1 heterocycles. The summed E-state index contributed by atoms with van der Waals surface area (Å²) in [6.07, 6.45) is 0.789. The summed E-state index contributed by atoms with van der Waals surface area (Å²) in [6, 6.07) is 25.4. The van der Waals surface area contributed by atoms with Crippen LogP contribution in [0, 0.1) is 0 Å². The van der Waals surface area contributed by atoms with E-state index in [0.29, 0.717) is 37.4 Å². The Kier molecular flexibility index (Phi) is 7.08. The Balaban J connectivity index is 1.57. The van der Waals surface area contributed by atoms with Crippen LogP contribution < -0.4 is 10.1 Å². The Morgan fingerprint density at radius 2 is 1.73 bits per heavy atom. The quantitative estimate of drug-likeness (QED) is 0.524. The molecule has 4 rings (SSSR count). The van der Waals surface area contributed by atoms with Crippen molar-refractivity contribution in [3.8, 4) is 5.75 Å². The van der Waals surface area contributed by atoms with Gasteiger partial charge in [0.25, 0.3) is 5.91 Å². The molecule has 1 aliphatic heterocycles. The maximum Gasteiger partial charge on any atom is 0.264 e. The maximum absolute atomic E-state index is 13.1. The molecule has 0 saturated heterocycles. The molecule has 1 N–H and O–H groups in total. The summed E-state index contributed by atoms with van der Waals surface area (Å²) in [6.45, 7) is 4.91. The lowest BCUT2D eigenvalue weighted by Crippen LogP contribution is -2.38. The number of fused-ring (bicyclic) bond motifs is 1. The summed E-state index contributed by atoms with van der Waals surface area (Å²) in [4.78, 5) is 28.0. The summed E-state index contributed by atoms with van der Waals surface area (Å²) < 4.78 is 6.08. The van der Waals surface area contributed by atoms with Gasteiger partial charge in [-0.15, -0.1) is 0 Å². The van der Waals surface area contributed by atoms with Crippen molar-refractivity contribution in [2.75, 3.05) is 5.32 Å². The largest absolute Gasteiger partial charge is 0.480 e. The van der Waals surface area contributed by atoms with Gasteiger partial charge in [0.1, 0.15) is 5.75 Å². The Bertz CT molecular complexity index is 1100. The van der Waals surface area contributed by atoms with Gasteiger partial charge >= 0.3 is 0 Å². The van der Waals surface area contributed by atoms with Crippen LogP contribution in [-0.4, -0.2) is 22.8 Å². The van der Waals surface area contributed by atoms with Crippen molar-refractivity contribution >= 4 is 17.5 Å². The predicted octanol–water partition coefficient (Wildman–Crippen LogP) is 5.52. The van der Waals surface area contributed by atoms with Crippen LogP contribution >= 0.6 is 0 Å². The van der Waals surface area contributed by atoms with Gasteiger partial charge in [-0.3, -0.25) is 9.59 Å². The fourth-order valence-electron chi connectivity index (χ4n) is 4.27. The molecule has 2 amide bonds.